The van der Waals surface area contributed by atoms with Gasteiger partial charge in [0.25, 0.3) is 0 Å². The second-order valence-corrected chi connectivity index (χ2v) is 3.79. The van der Waals surface area contributed by atoms with Crippen LogP contribution in [-0.4, -0.2) is 27.1 Å². The lowest BCUT2D eigenvalue weighted by atomic mass is 10.1. The molecule has 0 amide bonds. The molecule has 92 valence electrons. The Morgan fingerprint density at radius 1 is 1.17 bits per heavy atom. The van der Waals surface area contributed by atoms with Gasteiger partial charge in [0.05, 0.1) is 17.5 Å². The molecule has 0 saturated heterocycles. The first kappa shape index (κ1) is 11.8. The van der Waals surface area contributed by atoms with Crippen LogP contribution in [0.3, 0.4) is 0 Å². The van der Waals surface area contributed by atoms with Crippen molar-refractivity contribution in [3.05, 3.63) is 45.7 Å². The fraction of sp³-hybridized carbons (Fsp3) is 0.0833. The zero-order valence-corrected chi connectivity index (χ0v) is 9.14. The Morgan fingerprint density at radius 2 is 1.89 bits per heavy atom. The number of aromatic carboxylic acids is 1. The predicted octanol–water partition coefficient (Wildman–Crippen LogP) is 0.853. The van der Waals surface area contributed by atoms with Crippen molar-refractivity contribution < 1.29 is 19.8 Å². The summed E-state index contributed by atoms with van der Waals surface area (Å²) < 4.78 is 0. The molecule has 0 fully saturated rings. The third-order valence-corrected chi connectivity index (χ3v) is 2.47. The highest BCUT2D eigenvalue weighted by atomic mass is 16.4. The van der Waals surface area contributed by atoms with Crippen LogP contribution in [0, 0.1) is 0 Å². The first-order chi connectivity index (χ1) is 8.47. The molecule has 2 rings (SSSR count). The molecule has 0 saturated carbocycles. The van der Waals surface area contributed by atoms with Gasteiger partial charge in [-0.3, -0.25) is 9.59 Å². The van der Waals surface area contributed by atoms with Crippen LogP contribution in [-0.2, 0) is 11.2 Å². The summed E-state index contributed by atoms with van der Waals surface area (Å²) in [6, 6.07) is 5.25. The standard InChI is InChI=1S/C12H9NO5/c14-10-4-7(5-11(15)16)13-9-3-6(12(17)18)1-2-8(9)10/h1-4H,5H2,(H,13,14)(H,15,16)(H,17,18). The molecule has 1 aromatic carbocycles. The van der Waals surface area contributed by atoms with Crippen molar-refractivity contribution in [1.29, 1.82) is 0 Å². The first-order valence-corrected chi connectivity index (χ1v) is 5.08. The zero-order valence-electron chi connectivity index (χ0n) is 9.14. The van der Waals surface area contributed by atoms with Crippen molar-refractivity contribution in [3.8, 4) is 0 Å². The van der Waals surface area contributed by atoms with Crippen LogP contribution >= 0.6 is 0 Å². The zero-order chi connectivity index (χ0) is 13.3. The van der Waals surface area contributed by atoms with E-state index in [9.17, 15) is 14.4 Å². The number of carboxylic acids is 2. The summed E-state index contributed by atoms with van der Waals surface area (Å²) in [4.78, 5) is 35.8. The average molecular weight is 247 g/mol. The molecular weight excluding hydrogens is 238 g/mol. The Balaban J connectivity index is 2.64. The van der Waals surface area contributed by atoms with Crippen LogP contribution in [0.1, 0.15) is 16.1 Å². The van der Waals surface area contributed by atoms with Gasteiger partial charge in [-0.1, -0.05) is 0 Å². The van der Waals surface area contributed by atoms with Crippen molar-refractivity contribution in [1.82, 2.24) is 4.98 Å². The van der Waals surface area contributed by atoms with Gasteiger partial charge in [-0.05, 0) is 18.2 Å². The summed E-state index contributed by atoms with van der Waals surface area (Å²) in [6.45, 7) is 0. The van der Waals surface area contributed by atoms with Gasteiger partial charge >= 0.3 is 11.9 Å². The fourth-order valence-electron chi connectivity index (χ4n) is 1.70. The Kier molecular flexibility index (Phi) is 2.85. The molecule has 6 nitrogen and oxygen atoms in total. The minimum absolute atomic E-state index is 0.0330. The second kappa shape index (κ2) is 4.33. The lowest BCUT2D eigenvalue weighted by Gasteiger charge is -2.03. The lowest BCUT2D eigenvalue weighted by Crippen LogP contribution is -2.10. The molecule has 0 aliphatic rings. The van der Waals surface area contributed by atoms with Gasteiger partial charge in [-0.25, -0.2) is 4.79 Å². The van der Waals surface area contributed by atoms with Gasteiger partial charge in [0.15, 0.2) is 5.43 Å². The number of aromatic nitrogens is 1. The number of pyridine rings is 1. The fourth-order valence-corrected chi connectivity index (χ4v) is 1.70. The van der Waals surface area contributed by atoms with Crippen LogP contribution < -0.4 is 5.43 Å². The number of aromatic amines is 1. The van der Waals surface area contributed by atoms with Crippen LogP contribution in [0.5, 0.6) is 0 Å². The van der Waals surface area contributed by atoms with E-state index in [-0.39, 0.29) is 23.1 Å². The number of hydrogen-bond acceptors (Lipinski definition) is 3. The number of carbonyl (C=O) groups is 2. The number of nitrogens with one attached hydrogen (secondary N) is 1. The van der Waals surface area contributed by atoms with Gasteiger partial charge in [0.1, 0.15) is 0 Å². The van der Waals surface area contributed by atoms with E-state index in [1.54, 1.807) is 0 Å². The molecule has 0 spiro atoms. The van der Waals surface area contributed by atoms with E-state index in [1.807, 2.05) is 0 Å². The van der Waals surface area contributed by atoms with E-state index in [0.29, 0.717) is 10.9 Å². The average Bonchev–Trinajstić information content (AvgIpc) is 2.27. The maximum atomic E-state index is 11.7. The second-order valence-electron chi connectivity index (χ2n) is 3.79. The molecule has 18 heavy (non-hydrogen) atoms. The summed E-state index contributed by atoms with van der Waals surface area (Å²) in [6.07, 6.45) is -0.317. The molecule has 0 atom stereocenters. The number of aliphatic carboxylic acids is 1. The Hall–Kier alpha value is -2.63. The SMILES string of the molecule is O=C(O)Cc1cc(=O)c2ccc(C(=O)O)cc2[nH]1. The van der Waals surface area contributed by atoms with E-state index in [2.05, 4.69) is 4.98 Å². The minimum atomic E-state index is -1.11. The van der Waals surface area contributed by atoms with E-state index >= 15 is 0 Å². The Bertz CT molecular complexity index is 701. The van der Waals surface area contributed by atoms with E-state index in [4.69, 9.17) is 10.2 Å². The maximum absolute atomic E-state index is 11.7. The van der Waals surface area contributed by atoms with Gasteiger partial charge in [0, 0.05) is 17.1 Å². The van der Waals surface area contributed by atoms with E-state index in [1.165, 1.54) is 24.3 Å². The van der Waals surface area contributed by atoms with Crippen LogP contribution in [0.15, 0.2) is 29.1 Å². The summed E-state index contributed by atoms with van der Waals surface area (Å²) in [5.41, 5.74) is 0.253. The van der Waals surface area contributed by atoms with Crippen molar-refractivity contribution in [2.24, 2.45) is 0 Å². The molecule has 0 unspecified atom stereocenters. The van der Waals surface area contributed by atoms with Crippen molar-refractivity contribution >= 4 is 22.8 Å². The number of fused-ring (bicyclic) bond motifs is 1. The van der Waals surface area contributed by atoms with Crippen LogP contribution in [0.25, 0.3) is 10.9 Å². The molecule has 0 aliphatic heterocycles. The molecule has 0 aliphatic carbocycles. The quantitative estimate of drug-likeness (QED) is 0.745. The van der Waals surface area contributed by atoms with E-state index < -0.39 is 11.9 Å². The lowest BCUT2D eigenvalue weighted by molar-refractivity contribution is -0.136. The van der Waals surface area contributed by atoms with Crippen LogP contribution in [0.2, 0.25) is 0 Å². The highest BCUT2D eigenvalue weighted by Gasteiger charge is 2.08. The third kappa shape index (κ3) is 2.22. The molecular formula is C12H9NO5. The Morgan fingerprint density at radius 3 is 2.50 bits per heavy atom. The molecule has 1 heterocycles. The molecule has 2 aromatic rings. The van der Waals surface area contributed by atoms with Gasteiger partial charge < -0.3 is 15.2 Å². The normalized spacial score (nSPS) is 10.4. The molecule has 0 bridgehead atoms. The molecule has 6 heteroatoms. The topological polar surface area (TPSA) is 107 Å². The number of carboxylic acid groups (broad SMARTS) is 2. The summed E-state index contributed by atoms with van der Waals surface area (Å²) in [5, 5.41) is 17.8. The monoisotopic (exact) mass is 247 g/mol. The highest BCUT2D eigenvalue weighted by molar-refractivity contribution is 5.93. The van der Waals surface area contributed by atoms with Gasteiger partial charge in [-0.15, -0.1) is 0 Å². The largest absolute Gasteiger partial charge is 0.481 e. The van der Waals surface area contributed by atoms with Crippen LogP contribution in [0.4, 0.5) is 0 Å². The van der Waals surface area contributed by atoms with Gasteiger partial charge in [0.2, 0.25) is 0 Å². The summed E-state index contributed by atoms with van der Waals surface area (Å²) >= 11 is 0. The van der Waals surface area contributed by atoms with Crippen molar-refractivity contribution in [2.45, 2.75) is 6.42 Å². The summed E-state index contributed by atoms with van der Waals surface area (Å²) in [7, 11) is 0. The molecule has 0 radical (unpaired) electrons. The highest BCUT2D eigenvalue weighted by Crippen LogP contribution is 2.11. The number of H-pyrrole nitrogens is 1. The van der Waals surface area contributed by atoms with Crippen molar-refractivity contribution in [2.75, 3.05) is 0 Å². The maximum Gasteiger partial charge on any atom is 0.335 e. The predicted molar refractivity (Wildman–Crippen MR) is 62.9 cm³/mol. The van der Waals surface area contributed by atoms with E-state index in [0.717, 1.165) is 0 Å². The molecule has 1 aromatic heterocycles. The first-order valence-electron chi connectivity index (χ1n) is 5.08. The number of rotatable bonds is 3. The smallest absolute Gasteiger partial charge is 0.335 e. The van der Waals surface area contributed by atoms with Gasteiger partial charge in [-0.2, -0.15) is 0 Å². The summed E-state index contributed by atoms with van der Waals surface area (Å²) in [5.74, 6) is -2.18. The van der Waals surface area contributed by atoms with Crippen molar-refractivity contribution in [3.63, 3.8) is 0 Å². The molecule has 3 N–H and O–H groups in total. The minimum Gasteiger partial charge on any atom is -0.481 e. The Labute approximate surface area is 101 Å². The number of hydrogen-bond donors (Lipinski definition) is 3. The number of benzene rings is 1. The third-order valence-electron chi connectivity index (χ3n) is 2.47.